The first kappa shape index (κ1) is 10.2. The Labute approximate surface area is 103 Å². The van der Waals surface area contributed by atoms with Crippen LogP contribution >= 0.6 is 43.2 Å². The molecule has 2 aromatic rings. The highest BCUT2D eigenvalue weighted by molar-refractivity contribution is 9.13. The minimum atomic E-state index is 0.461. The van der Waals surface area contributed by atoms with Gasteiger partial charge in [-0.2, -0.15) is 5.26 Å². The summed E-state index contributed by atoms with van der Waals surface area (Å²) in [4.78, 5) is 0. The monoisotopic (exact) mass is 329 g/mol. The molecule has 0 aliphatic heterocycles. The SMILES string of the molecule is N#CCc1cc(Br)c(Br)c2ccsc12. The summed E-state index contributed by atoms with van der Waals surface area (Å²) in [6.07, 6.45) is 0.461. The first-order chi connectivity index (χ1) is 6.74. The number of benzene rings is 1. The van der Waals surface area contributed by atoms with Crippen molar-refractivity contribution in [2.24, 2.45) is 0 Å². The normalized spacial score (nSPS) is 10.4. The van der Waals surface area contributed by atoms with Crippen LogP contribution in [0.3, 0.4) is 0 Å². The molecule has 2 rings (SSSR count). The average Bonchev–Trinajstić information content (AvgIpc) is 2.63. The van der Waals surface area contributed by atoms with Gasteiger partial charge in [-0.05, 0) is 54.9 Å². The van der Waals surface area contributed by atoms with E-state index in [1.54, 1.807) is 11.3 Å². The summed E-state index contributed by atoms with van der Waals surface area (Å²) in [5, 5.41) is 11.9. The van der Waals surface area contributed by atoms with E-state index in [2.05, 4.69) is 44.0 Å². The predicted molar refractivity (Wildman–Crippen MR) is 66.5 cm³/mol. The Balaban J connectivity index is 2.79. The molecule has 0 saturated carbocycles. The van der Waals surface area contributed by atoms with Crippen molar-refractivity contribution in [2.75, 3.05) is 0 Å². The van der Waals surface area contributed by atoms with Crippen molar-refractivity contribution in [1.82, 2.24) is 0 Å². The van der Waals surface area contributed by atoms with E-state index in [4.69, 9.17) is 5.26 Å². The van der Waals surface area contributed by atoms with Crippen molar-refractivity contribution >= 4 is 53.3 Å². The van der Waals surface area contributed by atoms with Crippen LogP contribution in [0.4, 0.5) is 0 Å². The second-order valence-electron chi connectivity index (χ2n) is 2.83. The van der Waals surface area contributed by atoms with Gasteiger partial charge in [0.05, 0.1) is 12.5 Å². The van der Waals surface area contributed by atoms with E-state index in [1.165, 1.54) is 10.1 Å². The summed E-state index contributed by atoms with van der Waals surface area (Å²) < 4.78 is 3.27. The van der Waals surface area contributed by atoms with Gasteiger partial charge >= 0.3 is 0 Å². The number of nitrogens with zero attached hydrogens (tertiary/aromatic N) is 1. The molecular weight excluding hydrogens is 326 g/mol. The lowest BCUT2D eigenvalue weighted by Crippen LogP contribution is -1.83. The molecule has 0 atom stereocenters. The molecule has 1 nitrogen and oxygen atoms in total. The molecule has 0 spiro atoms. The molecule has 1 heterocycles. The lowest BCUT2D eigenvalue weighted by Gasteiger charge is -2.02. The third-order valence-electron chi connectivity index (χ3n) is 1.97. The number of rotatable bonds is 1. The molecule has 0 amide bonds. The summed E-state index contributed by atoms with van der Waals surface area (Å²) >= 11 is 8.67. The van der Waals surface area contributed by atoms with Crippen LogP contribution in [0.25, 0.3) is 10.1 Å². The van der Waals surface area contributed by atoms with Crippen LogP contribution < -0.4 is 0 Å². The van der Waals surface area contributed by atoms with Crippen LogP contribution in [0.2, 0.25) is 0 Å². The summed E-state index contributed by atoms with van der Waals surface area (Å²) in [7, 11) is 0. The Morgan fingerprint density at radius 2 is 2.21 bits per heavy atom. The third kappa shape index (κ3) is 1.60. The molecule has 70 valence electrons. The number of thiophene rings is 1. The molecule has 1 aromatic heterocycles. The second-order valence-corrected chi connectivity index (χ2v) is 5.39. The lowest BCUT2D eigenvalue weighted by atomic mass is 10.1. The Bertz CT molecular complexity index is 525. The highest BCUT2D eigenvalue weighted by atomic mass is 79.9. The third-order valence-corrected chi connectivity index (χ3v) is 4.98. The number of halogens is 2. The van der Waals surface area contributed by atoms with Crippen molar-refractivity contribution in [1.29, 1.82) is 5.26 Å². The zero-order chi connectivity index (χ0) is 10.1. The summed E-state index contributed by atoms with van der Waals surface area (Å²) in [5.41, 5.74) is 1.09. The van der Waals surface area contributed by atoms with Crippen molar-refractivity contribution < 1.29 is 0 Å². The molecule has 4 heteroatoms. The first-order valence-electron chi connectivity index (χ1n) is 3.95. The van der Waals surface area contributed by atoms with Gasteiger partial charge in [0.25, 0.3) is 0 Å². The van der Waals surface area contributed by atoms with Gasteiger partial charge < -0.3 is 0 Å². The van der Waals surface area contributed by atoms with Crippen molar-refractivity contribution in [3.63, 3.8) is 0 Å². The Hall–Kier alpha value is -0.370. The Morgan fingerprint density at radius 3 is 2.93 bits per heavy atom. The first-order valence-corrected chi connectivity index (χ1v) is 6.41. The number of nitriles is 1. The van der Waals surface area contributed by atoms with Gasteiger partial charge in [0.15, 0.2) is 0 Å². The fourth-order valence-electron chi connectivity index (χ4n) is 1.36. The van der Waals surface area contributed by atoms with E-state index < -0.39 is 0 Å². The van der Waals surface area contributed by atoms with E-state index in [1.807, 2.05) is 11.4 Å². The van der Waals surface area contributed by atoms with Crippen molar-refractivity contribution in [3.8, 4) is 6.07 Å². The molecule has 0 fully saturated rings. The molecule has 14 heavy (non-hydrogen) atoms. The topological polar surface area (TPSA) is 23.8 Å². The zero-order valence-corrected chi connectivity index (χ0v) is 11.0. The molecule has 0 bridgehead atoms. The van der Waals surface area contributed by atoms with Gasteiger partial charge in [0.1, 0.15) is 0 Å². The molecule has 0 radical (unpaired) electrons. The van der Waals surface area contributed by atoms with Crippen LogP contribution in [-0.2, 0) is 6.42 Å². The van der Waals surface area contributed by atoms with Crippen LogP contribution in [0, 0.1) is 11.3 Å². The van der Waals surface area contributed by atoms with Crippen LogP contribution in [0.15, 0.2) is 26.5 Å². The average molecular weight is 331 g/mol. The fraction of sp³-hybridized carbons (Fsp3) is 0.100. The molecule has 0 N–H and O–H groups in total. The molecule has 0 saturated heterocycles. The van der Waals surface area contributed by atoms with E-state index in [0.717, 1.165) is 14.5 Å². The number of fused-ring (bicyclic) bond motifs is 1. The van der Waals surface area contributed by atoms with Gasteiger partial charge in [-0.25, -0.2) is 0 Å². The number of hydrogen-bond acceptors (Lipinski definition) is 2. The minimum Gasteiger partial charge on any atom is -0.198 e. The Kier molecular flexibility index (Phi) is 2.91. The van der Waals surface area contributed by atoms with Gasteiger partial charge in [0.2, 0.25) is 0 Å². The highest BCUT2D eigenvalue weighted by Crippen LogP contribution is 2.36. The summed E-state index contributed by atoms with van der Waals surface area (Å²) in [5.74, 6) is 0. The van der Waals surface area contributed by atoms with E-state index in [9.17, 15) is 0 Å². The van der Waals surface area contributed by atoms with Crippen LogP contribution in [0.1, 0.15) is 5.56 Å². The quantitative estimate of drug-likeness (QED) is 0.755. The second kappa shape index (κ2) is 4.01. The molecule has 1 aromatic carbocycles. The van der Waals surface area contributed by atoms with E-state index in [0.29, 0.717) is 6.42 Å². The van der Waals surface area contributed by atoms with Gasteiger partial charge in [-0.1, -0.05) is 0 Å². The maximum Gasteiger partial charge on any atom is 0.0670 e. The van der Waals surface area contributed by atoms with Crippen LogP contribution in [-0.4, -0.2) is 0 Å². The minimum absolute atomic E-state index is 0.461. The highest BCUT2D eigenvalue weighted by Gasteiger charge is 2.09. The fourth-order valence-corrected chi connectivity index (χ4v) is 3.34. The standard InChI is InChI=1S/C10H5Br2NS/c11-8-5-6(1-3-13)10-7(9(8)12)2-4-14-10/h2,4-5H,1H2. The summed E-state index contributed by atoms with van der Waals surface area (Å²) in [6, 6.07) is 6.25. The summed E-state index contributed by atoms with van der Waals surface area (Å²) in [6.45, 7) is 0. The Morgan fingerprint density at radius 1 is 1.43 bits per heavy atom. The zero-order valence-electron chi connectivity index (χ0n) is 7.05. The lowest BCUT2D eigenvalue weighted by molar-refractivity contribution is 1.29. The molecule has 0 unspecified atom stereocenters. The van der Waals surface area contributed by atoms with Crippen molar-refractivity contribution in [2.45, 2.75) is 6.42 Å². The smallest absolute Gasteiger partial charge is 0.0670 e. The van der Waals surface area contributed by atoms with Gasteiger partial charge in [0, 0.05) is 19.0 Å². The molecular formula is C10H5Br2NS. The maximum absolute atomic E-state index is 8.70. The molecule has 0 aliphatic rings. The van der Waals surface area contributed by atoms with Gasteiger partial charge in [-0.3, -0.25) is 0 Å². The number of hydrogen-bond donors (Lipinski definition) is 0. The largest absolute Gasteiger partial charge is 0.198 e. The van der Waals surface area contributed by atoms with E-state index >= 15 is 0 Å². The van der Waals surface area contributed by atoms with E-state index in [-0.39, 0.29) is 0 Å². The van der Waals surface area contributed by atoms with Crippen LogP contribution in [0.5, 0.6) is 0 Å². The predicted octanol–water partition coefficient (Wildman–Crippen LogP) is 4.49. The van der Waals surface area contributed by atoms with Crippen molar-refractivity contribution in [3.05, 3.63) is 32.0 Å². The molecule has 0 aliphatic carbocycles. The van der Waals surface area contributed by atoms with Gasteiger partial charge in [-0.15, -0.1) is 11.3 Å². The maximum atomic E-state index is 8.70.